The average molecular weight is 440 g/mol. The van der Waals surface area contributed by atoms with Gasteiger partial charge >= 0.3 is 5.97 Å². The maximum atomic E-state index is 12.4. The number of methoxy groups -OCH3 is 3. The minimum atomic E-state index is -0.586. The number of benzene rings is 2. The zero-order chi connectivity index (χ0) is 23.1. The summed E-state index contributed by atoms with van der Waals surface area (Å²) in [4.78, 5) is 28.3. The Hall–Kier alpha value is -4.01. The van der Waals surface area contributed by atoms with Crippen LogP contribution in [0.15, 0.2) is 47.1 Å². The molecule has 0 spiro atoms. The SMILES string of the molecule is CCNC(=O)COc1ccc(/C=C2\N=C(c3cc(OC)cc(OC)c3)OC2=O)cc1OC. The molecule has 3 rings (SSSR count). The third kappa shape index (κ3) is 5.37. The molecule has 0 fully saturated rings. The summed E-state index contributed by atoms with van der Waals surface area (Å²) < 4.78 is 26.7. The maximum absolute atomic E-state index is 12.4. The fourth-order valence-electron chi connectivity index (χ4n) is 2.91. The van der Waals surface area contributed by atoms with Crippen molar-refractivity contribution < 1.29 is 33.3 Å². The van der Waals surface area contributed by atoms with Crippen LogP contribution in [0.1, 0.15) is 18.1 Å². The van der Waals surface area contributed by atoms with Crippen LogP contribution in [-0.2, 0) is 14.3 Å². The summed E-state index contributed by atoms with van der Waals surface area (Å²) in [5, 5.41) is 2.65. The number of hydrogen-bond acceptors (Lipinski definition) is 8. The number of hydrogen-bond donors (Lipinski definition) is 1. The van der Waals surface area contributed by atoms with E-state index >= 15 is 0 Å². The van der Waals surface area contributed by atoms with Crippen LogP contribution in [0, 0.1) is 0 Å². The third-order valence-electron chi connectivity index (χ3n) is 4.44. The number of ether oxygens (including phenoxy) is 5. The molecule has 9 heteroatoms. The number of amides is 1. The molecule has 0 aliphatic carbocycles. The topological polar surface area (TPSA) is 105 Å². The summed E-state index contributed by atoms with van der Waals surface area (Å²) in [5.41, 5.74) is 1.32. The Bertz CT molecular complexity index is 1050. The van der Waals surface area contributed by atoms with Crippen molar-refractivity contribution in [3.63, 3.8) is 0 Å². The molecule has 1 heterocycles. The maximum Gasteiger partial charge on any atom is 0.363 e. The number of nitrogens with zero attached hydrogens (tertiary/aromatic N) is 1. The molecule has 1 aliphatic rings. The van der Waals surface area contributed by atoms with Gasteiger partial charge in [0.15, 0.2) is 23.8 Å². The van der Waals surface area contributed by atoms with Gasteiger partial charge in [-0.15, -0.1) is 0 Å². The smallest absolute Gasteiger partial charge is 0.363 e. The highest BCUT2D eigenvalue weighted by molar-refractivity contribution is 6.13. The Kier molecular flexibility index (Phi) is 7.33. The Morgan fingerprint density at radius 1 is 1.03 bits per heavy atom. The number of rotatable bonds is 9. The van der Waals surface area contributed by atoms with E-state index in [0.717, 1.165) is 0 Å². The van der Waals surface area contributed by atoms with E-state index in [2.05, 4.69) is 10.3 Å². The molecular formula is C23H24N2O7. The Labute approximate surface area is 185 Å². The van der Waals surface area contributed by atoms with Gasteiger partial charge in [-0.25, -0.2) is 9.79 Å². The summed E-state index contributed by atoms with van der Waals surface area (Å²) in [5.74, 6) is 1.24. The third-order valence-corrected chi connectivity index (χ3v) is 4.44. The molecule has 0 unspecified atom stereocenters. The van der Waals surface area contributed by atoms with E-state index in [1.165, 1.54) is 21.3 Å². The molecular weight excluding hydrogens is 416 g/mol. The number of carbonyl (C=O) groups is 2. The van der Waals surface area contributed by atoms with Crippen molar-refractivity contribution in [2.45, 2.75) is 6.92 Å². The van der Waals surface area contributed by atoms with Gasteiger partial charge in [-0.2, -0.15) is 0 Å². The number of likely N-dealkylation sites (N-methyl/N-ethyl adjacent to an activating group) is 1. The number of esters is 1. The van der Waals surface area contributed by atoms with Crippen molar-refractivity contribution in [2.24, 2.45) is 4.99 Å². The van der Waals surface area contributed by atoms with Crippen molar-refractivity contribution in [1.29, 1.82) is 0 Å². The number of carbonyl (C=O) groups excluding carboxylic acids is 2. The van der Waals surface area contributed by atoms with Gasteiger partial charge in [0, 0.05) is 18.2 Å². The van der Waals surface area contributed by atoms with Crippen LogP contribution < -0.4 is 24.3 Å². The van der Waals surface area contributed by atoms with Crippen LogP contribution in [-0.4, -0.2) is 52.3 Å². The van der Waals surface area contributed by atoms with Gasteiger partial charge in [0.25, 0.3) is 5.91 Å². The molecule has 0 atom stereocenters. The van der Waals surface area contributed by atoms with Crippen LogP contribution in [0.3, 0.4) is 0 Å². The zero-order valence-corrected chi connectivity index (χ0v) is 18.3. The molecule has 32 heavy (non-hydrogen) atoms. The summed E-state index contributed by atoms with van der Waals surface area (Å²) in [7, 11) is 4.55. The van der Waals surface area contributed by atoms with Gasteiger partial charge in [-0.1, -0.05) is 6.07 Å². The first-order valence-corrected chi connectivity index (χ1v) is 9.81. The number of aliphatic imine (C=N–C) groups is 1. The second-order valence-electron chi connectivity index (χ2n) is 6.59. The molecule has 0 bridgehead atoms. The van der Waals surface area contributed by atoms with Crippen LogP contribution in [0.2, 0.25) is 0 Å². The van der Waals surface area contributed by atoms with E-state index in [-0.39, 0.29) is 24.1 Å². The normalized spacial score (nSPS) is 13.9. The van der Waals surface area contributed by atoms with Crippen molar-refractivity contribution >= 4 is 23.9 Å². The lowest BCUT2D eigenvalue weighted by Gasteiger charge is -2.11. The summed E-state index contributed by atoms with van der Waals surface area (Å²) in [6.07, 6.45) is 1.57. The number of cyclic esters (lactones) is 1. The monoisotopic (exact) mass is 440 g/mol. The van der Waals surface area contributed by atoms with Gasteiger partial charge in [0.05, 0.1) is 21.3 Å². The van der Waals surface area contributed by atoms with Crippen LogP contribution in [0.4, 0.5) is 0 Å². The van der Waals surface area contributed by atoms with E-state index in [4.69, 9.17) is 23.7 Å². The first kappa shape index (κ1) is 22.7. The van der Waals surface area contributed by atoms with Crippen molar-refractivity contribution in [3.05, 3.63) is 53.2 Å². The molecule has 1 N–H and O–H groups in total. The van der Waals surface area contributed by atoms with Crippen LogP contribution >= 0.6 is 0 Å². The van der Waals surface area contributed by atoms with Gasteiger partial charge in [0.2, 0.25) is 5.90 Å². The minimum absolute atomic E-state index is 0.125. The Balaban J connectivity index is 1.84. The summed E-state index contributed by atoms with van der Waals surface area (Å²) in [6, 6.07) is 10.2. The van der Waals surface area contributed by atoms with Crippen LogP contribution in [0.5, 0.6) is 23.0 Å². The molecule has 0 saturated carbocycles. The highest BCUT2D eigenvalue weighted by atomic mass is 16.6. The second-order valence-corrected chi connectivity index (χ2v) is 6.59. The molecule has 0 saturated heterocycles. The molecule has 1 amide bonds. The second kappa shape index (κ2) is 10.3. The Morgan fingerprint density at radius 2 is 1.75 bits per heavy atom. The minimum Gasteiger partial charge on any atom is -0.497 e. The van der Waals surface area contributed by atoms with E-state index in [1.807, 2.05) is 6.92 Å². The molecule has 168 valence electrons. The largest absolute Gasteiger partial charge is 0.497 e. The predicted octanol–water partition coefficient (Wildman–Crippen LogP) is 2.57. The lowest BCUT2D eigenvalue weighted by molar-refractivity contribution is -0.130. The van der Waals surface area contributed by atoms with Crippen molar-refractivity contribution in [1.82, 2.24) is 5.32 Å². The molecule has 2 aromatic rings. The van der Waals surface area contributed by atoms with Gasteiger partial charge in [-0.05, 0) is 42.8 Å². The lowest BCUT2D eigenvalue weighted by atomic mass is 10.1. The lowest BCUT2D eigenvalue weighted by Crippen LogP contribution is -2.28. The molecule has 1 aliphatic heterocycles. The van der Waals surface area contributed by atoms with E-state index in [9.17, 15) is 9.59 Å². The van der Waals surface area contributed by atoms with E-state index in [1.54, 1.807) is 42.5 Å². The average Bonchev–Trinajstić information content (AvgIpc) is 3.17. The first-order valence-electron chi connectivity index (χ1n) is 9.81. The molecule has 0 aromatic heterocycles. The summed E-state index contributed by atoms with van der Waals surface area (Å²) in [6.45, 7) is 2.22. The summed E-state index contributed by atoms with van der Waals surface area (Å²) >= 11 is 0. The Morgan fingerprint density at radius 3 is 2.38 bits per heavy atom. The van der Waals surface area contributed by atoms with Gasteiger partial charge in [-0.3, -0.25) is 4.79 Å². The standard InChI is InChI=1S/C23H24N2O7/c1-5-24-21(26)13-31-19-7-6-14(9-20(19)30-4)8-18-23(27)32-22(25-18)15-10-16(28-2)12-17(11-15)29-3/h6-12H,5,13H2,1-4H3,(H,24,26)/b18-8-. The zero-order valence-electron chi connectivity index (χ0n) is 18.3. The van der Waals surface area contributed by atoms with Crippen molar-refractivity contribution in [3.8, 4) is 23.0 Å². The molecule has 2 aromatic carbocycles. The van der Waals surface area contributed by atoms with Crippen LogP contribution in [0.25, 0.3) is 6.08 Å². The van der Waals surface area contributed by atoms with E-state index < -0.39 is 5.97 Å². The van der Waals surface area contributed by atoms with E-state index in [0.29, 0.717) is 40.7 Å². The highest BCUT2D eigenvalue weighted by Crippen LogP contribution is 2.30. The first-order chi connectivity index (χ1) is 15.5. The highest BCUT2D eigenvalue weighted by Gasteiger charge is 2.25. The molecule has 9 nitrogen and oxygen atoms in total. The van der Waals surface area contributed by atoms with Crippen molar-refractivity contribution in [2.75, 3.05) is 34.5 Å². The predicted molar refractivity (Wildman–Crippen MR) is 117 cm³/mol. The number of nitrogens with one attached hydrogen (secondary N) is 1. The van der Waals surface area contributed by atoms with Gasteiger partial charge < -0.3 is 29.0 Å². The molecule has 0 radical (unpaired) electrons. The fourth-order valence-corrected chi connectivity index (χ4v) is 2.91. The fraction of sp³-hybridized carbons (Fsp3) is 0.261. The van der Waals surface area contributed by atoms with Gasteiger partial charge in [0.1, 0.15) is 11.5 Å². The quantitative estimate of drug-likeness (QED) is 0.472.